The highest BCUT2D eigenvalue weighted by Crippen LogP contribution is 2.30. The van der Waals surface area contributed by atoms with Crippen molar-refractivity contribution in [2.45, 2.75) is 19.2 Å². The second-order valence-electron chi connectivity index (χ2n) is 5.04. The number of hydrogen-bond donors (Lipinski definition) is 2. The number of rotatable bonds is 4. The number of nitrogens with one attached hydrogen (secondary N) is 1. The smallest absolute Gasteiger partial charge is 0.387 e. The van der Waals surface area contributed by atoms with E-state index in [0.29, 0.717) is 5.56 Å². The van der Waals surface area contributed by atoms with Gasteiger partial charge in [-0.15, -0.1) is 0 Å². The molecule has 1 atom stereocenters. The van der Waals surface area contributed by atoms with Gasteiger partial charge >= 0.3 is 6.18 Å². The van der Waals surface area contributed by atoms with E-state index in [1.807, 2.05) is 13.0 Å². The first-order valence-electron chi connectivity index (χ1n) is 6.84. The van der Waals surface area contributed by atoms with Gasteiger partial charge in [0, 0.05) is 12.7 Å². The van der Waals surface area contributed by atoms with Crippen LogP contribution in [-0.2, 0) is 6.18 Å². The maximum Gasteiger partial charge on any atom is 0.418 e. The average molecular weight is 324 g/mol. The molecule has 0 radical (unpaired) electrons. The Morgan fingerprint density at radius 3 is 2.70 bits per heavy atom. The van der Waals surface area contributed by atoms with Gasteiger partial charge in [-0.1, -0.05) is 29.8 Å². The monoisotopic (exact) mass is 324 g/mol. The van der Waals surface area contributed by atoms with Crippen LogP contribution >= 0.6 is 0 Å². The lowest BCUT2D eigenvalue weighted by Gasteiger charge is -2.14. The van der Waals surface area contributed by atoms with Crippen molar-refractivity contribution in [3.8, 4) is 0 Å². The highest BCUT2D eigenvalue weighted by atomic mass is 19.4. The summed E-state index contributed by atoms with van der Waals surface area (Å²) >= 11 is 0. The Kier molecular flexibility index (Phi) is 5.00. The summed E-state index contributed by atoms with van der Waals surface area (Å²) in [6.07, 6.45) is -4.58. The van der Waals surface area contributed by atoms with Crippen LogP contribution in [0.5, 0.6) is 0 Å². The van der Waals surface area contributed by atoms with Gasteiger partial charge < -0.3 is 10.4 Å². The first kappa shape index (κ1) is 17.0. The molecule has 0 aliphatic carbocycles. The van der Waals surface area contributed by atoms with Gasteiger partial charge in [0.05, 0.1) is 11.7 Å². The van der Waals surface area contributed by atoms with Crippen LogP contribution in [-0.4, -0.2) is 22.5 Å². The van der Waals surface area contributed by atoms with Gasteiger partial charge in [0.1, 0.15) is 5.69 Å². The molecular formula is C16H15F3N2O2. The van der Waals surface area contributed by atoms with Crippen molar-refractivity contribution in [2.24, 2.45) is 0 Å². The standard InChI is InChI=1S/C16H15F3N2O2/c1-10-4-2-5-11(8-10)13(22)9-21-15(23)14-12(16(17,18)19)6-3-7-20-14/h2-8,13,22H,9H2,1H3,(H,21,23). The number of alkyl halides is 3. The lowest BCUT2D eigenvalue weighted by Crippen LogP contribution is -2.31. The van der Waals surface area contributed by atoms with Crippen molar-refractivity contribution < 1.29 is 23.1 Å². The molecule has 1 aromatic heterocycles. The first-order chi connectivity index (χ1) is 10.8. The van der Waals surface area contributed by atoms with Crippen molar-refractivity contribution in [3.05, 3.63) is 65.0 Å². The molecule has 0 bridgehead atoms. The number of halogens is 3. The van der Waals surface area contributed by atoms with Gasteiger partial charge in [-0.05, 0) is 24.6 Å². The summed E-state index contributed by atoms with van der Waals surface area (Å²) < 4.78 is 38.5. The molecule has 7 heteroatoms. The third kappa shape index (κ3) is 4.29. The van der Waals surface area contributed by atoms with E-state index in [9.17, 15) is 23.1 Å². The second kappa shape index (κ2) is 6.78. The van der Waals surface area contributed by atoms with E-state index in [2.05, 4.69) is 10.3 Å². The van der Waals surface area contributed by atoms with E-state index in [-0.39, 0.29) is 6.54 Å². The van der Waals surface area contributed by atoms with Crippen LogP contribution in [0, 0.1) is 6.92 Å². The first-order valence-corrected chi connectivity index (χ1v) is 6.84. The van der Waals surface area contributed by atoms with Crippen molar-refractivity contribution in [1.82, 2.24) is 10.3 Å². The molecule has 0 saturated carbocycles. The molecule has 1 unspecified atom stereocenters. The molecule has 122 valence electrons. The SMILES string of the molecule is Cc1cccc(C(O)CNC(=O)c2ncccc2C(F)(F)F)c1. The third-order valence-corrected chi connectivity index (χ3v) is 3.21. The fraction of sp³-hybridized carbons (Fsp3) is 0.250. The quantitative estimate of drug-likeness (QED) is 0.909. The zero-order chi connectivity index (χ0) is 17.0. The summed E-state index contributed by atoms with van der Waals surface area (Å²) in [4.78, 5) is 15.4. The number of aliphatic hydroxyl groups is 1. The summed E-state index contributed by atoms with van der Waals surface area (Å²) in [6.45, 7) is 1.63. The molecule has 1 amide bonds. The Labute approximate surface area is 131 Å². The minimum absolute atomic E-state index is 0.212. The molecule has 1 aromatic carbocycles. The molecular weight excluding hydrogens is 309 g/mol. The van der Waals surface area contributed by atoms with Crippen LogP contribution in [0.2, 0.25) is 0 Å². The van der Waals surface area contributed by atoms with E-state index in [0.717, 1.165) is 23.9 Å². The van der Waals surface area contributed by atoms with Crippen LogP contribution < -0.4 is 5.32 Å². The van der Waals surface area contributed by atoms with Crippen molar-refractivity contribution in [1.29, 1.82) is 0 Å². The molecule has 2 rings (SSSR count). The number of aryl methyl sites for hydroxylation is 1. The van der Waals surface area contributed by atoms with E-state index in [1.165, 1.54) is 0 Å². The van der Waals surface area contributed by atoms with Crippen LogP contribution in [0.3, 0.4) is 0 Å². The Bertz CT molecular complexity index is 702. The Hall–Kier alpha value is -2.41. The summed E-state index contributed by atoms with van der Waals surface area (Å²) in [5, 5.41) is 12.3. The summed E-state index contributed by atoms with van der Waals surface area (Å²) in [7, 11) is 0. The number of hydrogen-bond acceptors (Lipinski definition) is 3. The van der Waals surface area contributed by atoms with Crippen molar-refractivity contribution in [3.63, 3.8) is 0 Å². The highest BCUT2D eigenvalue weighted by molar-refractivity contribution is 5.93. The molecule has 1 heterocycles. The van der Waals surface area contributed by atoms with E-state index in [4.69, 9.17) is 0 Å². The van der Waals surface area contributed by atoms with E-state index in [1.54, 1.807) is 18.2 Å². The lowest BCUT2D eigenvalue weighted by molar-refractivity contribution is -0.138. The fourth-order valence-corrected chi connectivity index (χ4v) is 2.08. The molecule has 0 aliphatic heterocycles. The Morgan fingerprint density at radius 2 is 2.04 bits per heavy atom. The normalized spacial score (nSPS) is 12.7. The predicted octanol–water partition coefficient (Wildman–Crippen LogP) is 2.87. The Balaban J connectivity index is 2.09. The molecule has 2 aromatic rings. The van der Waals surface area contributed by atoms with Crippen molar-refractivity contribution >= 4 is 5.91 Å². The number of carbonyl (C=O) groups excluding carboxylic acids is 1. The largest absolute Gasteiger partial charge is 0.418 e. The number of aromatic nitrogens is 1. The fourth-order valence-electron chi connectivity index (χ4n) is 2.08. The average Bonchev–Trinajstić information content (AvgIpc) is 2.51. The van der Waals surface area contributed by atoms with Gasteiger partial charge in [-0.2, -0.15) is 13.2 Å². The summed E-state index contributed by atoms with van der Waals surface area (Å²) in [6, 6.07) is 8.90. The van der Waals surface area contributed by atoms with Crippen LogP contribution in [0.1, 0.15) is 33.3 Å². The van der Waals surface area contributed by atoms with Crippen LogP contribution in [0.15, 0.2) is 42.6 Å². The second-order valence-corrected chi connectivity index (χ2v) is 5.04. The highest BCUT2D eigenvalue weighted by Gasteiger charge is 2.35. The minimum atomic E-state index is -4.67. The predicted molar refractivity (Wildman–Crippen MR) is 77.7 cm³/mol. The molecule has 0 spiro atoms. The summed E-state index contributed by atoms with van der Waals surface area (Å²) in [5.41, 5.74) is -0.321. The maximum atomic E-state index is 12.8. The van der Waals surface area contributed by atoms with Gasteiger partial charge in [0.2, 0.25) is 0 Å². The Morgan fingerprint density at radius 1 is 1.30 bits per heavy atom. The number of nitrogens with zero attached hydrogens (tertiary/aromatic N) is 1. The van der Waals surface area contributed by atoms with Gasteiger partial charge in [0.25, 0.3) is 5.91 Å². The number of aliphatic hydroxyl groups excluding tert-OH is 1. The topological polar surface area (TPSA) is 62.2 Å². The zero-order valence-corrected chi connectivity index (χ0v) is 12.3. The van der Waals surface area contributed by atoms with Gasteiger partial charge in [0.15, 0.2) is 0 Å². The number of carbonyl (C=O) groups is 1. The number of amides is 1. The summed E-state index contributed by atoms with van der Waals surface area (Å²) in [5.74, 6) is -0.982. The minimum Gasteiger partial charge on any atom is -0.387 e. The van der Waals surface area contributed by atoms with E-state index < -0.39 is 29.4 Å². The zero-order valence-electron chi connectivity index (χ0n) is 12.3. The van der Waals surface area contributed by atoms with Crippen molar-refractivity contribution in [2.75, 3.05) is 6.54 Å². The van der Waals surface area contributed by atoms with Gasteiger partial charge in [-0.25, -0.2) is 0 Å². The van der Waals surface area contributed by atoms with E-state index >= 15 is 0 Å². The number of benzene rings is 1. The molecule has 2 N–H and O–H groups in total. The molecule has 0 aliphatic rings. The molecule has 0 saturated heterocycles. The molecule has 23 heavy (non-hydrogen) atoms. The maximum absolute atomic E-state index is 12.8. The number of pyridine rings is 1. The van der Waals surface area contributed by atoms with Gasteiger partial charge in [-0.3, -0.25) is 9.78 Å². The van der Waals surface area contributed by atoms with Crippen LogP contribution in [0.25, 0.3) is 0 Å². The molecule has 4 nitrogen and oxygen atoms in total. The van der Waals surface area contributed by atoms with Crippen LogP contribution in [0.4, 0.5) is 13.2 Å². The third-order valence-electron chi connectivity index (χ3n) is 3.21. The molecule has 0 fully saturated rings. The lowest BCUT2D eigenvalue weighted by atomic mass is 10.1.